The Bertz CT molecular complexity index is 90.1. The van der Waals surface area contributed by atoms with Gasteiger partial charge in [-0.25, -0.2) is 0 Å². The van der Waals surface area contributed by atoms with Crippen molar-refractivity contribution < 1.29 is 32.7 Å². The second-order valence-corrected chi connectivity index (χ2v) is 3.56. The van der Waals surface area contributed by atoms with Crippen molar-refractivity contribution in [3.63, 3.8) is 0 Å². The largest absolute Gasteiger partial charge is 0.327 e. The van der Waals surface area contributed by atoms with E-state index in [1.807, 2.05) is 0 Å². The third-order valence-electron chi connectivity index (χ3n) is 2.89. The second-order valence-electron chi connectivity index (χ2n) is 3.56. The molecular formula is C9H16NY-. The van der Waals surface area contributed by atoms with Crippen molar-refractivity contribution in [3.8, 4) is 0 Å². The van der Waals surface area contributed by atoms with Gasteiger partial charge in [0.05, 0.1) is 0 Å². The zero-order chi connectivity index (χ0) is 6.81. The van der Waals surface area contributed by atoms with E-state index in [4.69, 9.17) is 0 Å². The average molecular weight is 227 g/mol. The molecule has 0 aromatic heterocycles. The molecule has 1 aliphatic heterocycles. The quantitative estimate of drug-likeness (QED) is 0.621. The Morgan fingerprint density at radius 1 is 1.27 bits per heavy atom. The number of hydrogen-bond acceptors (Lipinski definition) is 1. The maximum atomic E-state index is 3.59. The van der Waals surface area contributed by atoms with Crippen molar-refractivity contribution in [2.45, 2.75) is 38.1 Å². The van der Waals surface area contributed by atoms with Gasteiger partial charge in [0.2, 0.25) is 0 Å². The van der Waals surface area contributed by atoms with E-state index in [0.29, 0.717) is 0 Å². The molecule has 0 aromatic carbocycles. The number of fused-ring (bicyclic) bond motifs is 1. The maximum Gasteiger partial charge on any atom is 0 e. The minimum atomic E-state index is 0. The molecule has 2 rings (SSSR count). The van der Waals surface area contributed by atoms with Gasteiger partial charge in [-0.15, -0.1) is 0 Å². The van der Waals surface area contributed by atoms with Gasteiger partial charge < -0.3 is 11.7 Å². The SMILES string of the molecule is [CH-]1CCC2CCCNC2C1.[Y]. The summed E-state index contributed by atoms with van der Waals surface area (Å²) in [6.45, 7) is 1.26. The molecule has 61 valence electrons. The molecule has 0 aromatic rings. The van der Waals surface area contributed by atoms with Crippen molar-refractivity contribution in [1.29, 1.82) is 0 Å². The molecule has 0 bridgehead atoms. The number of piperidine rings is 1. The van der Waals surface area contributed by atoms with E-state index in [-0.39, 0.29) is 32.7 Å². The van der Waals surface area contributed by atoms with Crippen molar-refractivity contribution >= 4 is 0 Å². The van der Waals surface area contributed by atoms with E-state index < -0.39 is 0 Å². The molecule has 2 aliphatic rings. The maximum absolute atomic E-state index is 3.59. The molecule has 0 spiro atoms. The molecule has 1 aliphatic carbocycles. The molecule has 11 heavy (non-hydrogen) atoms. The van der Waals surface area contributed by atoms with Crippen LogP contribution in [0.1, 0.15) is 32.1 Å². The van der Waals surface area contributed by atoms with Gasteiger partial charge in [-0.05, 0) is 31.3 Å². The van der Waals surface area contributed by atoms with Crippen molar-refractivity contribution in [2.75, 3.05) is 6.54 Å². The minimum absolute atomic E-state index is 0. The zero-order valence-corrected chi connectivity index (χ0v) is 9.89. The smallest absolute Gasteiger partial charge is 0 e. The normalized spacial score (nSPS) is 37.1. The molecule has 1 saturated heterocycles. The molecule has 1 saturated carbocycles. The number of hydrogen-bond donors (Lipinski definition) is 1. The van der Waals surface area contributed by atoms with Crippen LogP contribution < -0.4 is 5.32 Å². The average Bonchev–Trinajstić information content (AvgIpc) is 2.05. The molecule has 1 N–H and O–H groups in total. The first-order valence-corrected chi connectivity index (χ1v) is 4.52. The minimum Gasteiger partial charge on any atom is -0.327 e. The van der Waals surface area contributed by atoms with E-state index in [1.54, 1.807) is 0 Å². The fraction of sp³-hybridized carbons (Fsp3) is 0.889. The van der Waals surface area contributed by atoms with Crippen LogP contribution in [0.4, 0.5) is 0 Å². The van der Waals surface area contributed by atoms with Gasteiger partial charge in [0.25, 0.3) is 0 Å². The number of rotatable bonds is 0. The van der Waals surface area contributed by atoms with Crippen LogP contribution in [0.3, 0.4) is 0 Å². The Labute approximate surface area is 94.6 Å². The molecule has 2 unspecified atom stereocenters. The monoisotopic (exact) mass is 227 g/mol. The van der Waals surface area contributed by atoms with E-state index in [2.05, 4.69) is 11.7 Å². The molecular weight excluding hydrogens is 211 g/mol. The van der Waals surface area contributed by atoms with Gasteiger partial charge in [0.1, 0.15) is 0 Å². The summed E-state index contributed by atoms with van der Waals surface area (Å²) in [5.41, 5.74) is 0. The van der Waals surface area contributed by atoms with Crippen molar-refractivity contribution in [1.82, 2.24) is 5.32 Å². The van der Waals surface area contributed by atoms with Crippen LogP contribution in [-0.2, 0) is 32.7 Å². The Morgan fingerprint density at radius 2 is 2.18 bits per heavy atom. The predicted molar refractivity (Wildman–Crippen MR) is 42.7 cm³/mol. The van der Waals surface area contributed by atoms with Crippen LogP contribution in [0.2, 0.25) is 0 Å². The van der Waals surface area contributed by atoms with Gasteiger partial charge in [-0.2, -0.15) is 12.8 Å². The van der Waals surface area contributed by atoms with Gasteiger partial charge >= 0.3 is 0 Å². The summed E-state index contributed by atoms with van der Waals surface area (Å²) in [6.07, 6.45) is 9.46. The molecule has 2 atom stereocenters. The fourth-order valence-electron chi connectivity index (χ4n) is 2.27. The van der Waals surface area contributed by atoms with Crippen LogP contribution in [0.5, 0.6) is 0 Å². The van der Waals surface area contributed by atoms with E-state index in [0.717, 1.165) is 12.0 Å². The van der Waals surface area contributed by atoms with Crippen LogP contribution in [0.15, 0.2) is 0 Å². The fourth-order valence-corrected chi connectivity index (χ4v) is 2.27. The summed E-state index contributed by atoms with van der Waals surface area (Å²) in [5, 5.41) is 3.59. The standard InChI is InChI=1S/C9H16N.Y/c1-2-6-9-8(4-1)5-3-7-10-9;/h2,8-10H,1,3-7H2;/q-1;. The number of nitrogens with one attached hydrogen (secondary N) is 1. The second kappa shape index (κ2) is 4.94. The van der Waals surface area contributed by atoms with E-state index >= 15 is 0 Å². The van der Waals surface area contributed by atoms with Gasteiger partial charge in [-0.1, -0.05) is 6.42 Å². The van der Waals surface area contributed by atoms with Crippen molar-refractivity contribution in [3.05, 3.63) is 6.42 Å². The predicted octanol–water partition coefficient (Wildman–Crippen LogP) is 1.74. The summed E-state index contributed by atoms with van der Waals surface area (Å²) in [6, 6.07) is 0.850. The Morgan fingerprint density at radius 3 is 3.00 bits per heavy atom. The molecule has 1 nitrogen and oxygen atoms in total. The Balaban J connectivity index is 0.000000605. The summed E-state index contributed by atoms with van der Waals surface area (Å²) in [4.78, 5) is 0. The third-order valence-corrected chi connectivity index (χ3v) is 2.89. The molecule has 1 heterocycles. The Hall–Kier alpha value is 1.06. The molecule has 2 fully saturated rings. The van der Waals surface area contributed by atoms with E-state index in [1.165, 1.54) is 38.6 Å². The topological polar surface area (TPSA) is 12.0 Å². The van der Waals surface area contributed by atoms with Crippen LogP contribution in [-0.4, -0.2) is 12.6 Å². The summed E-state index contributed by atoms with van der Waals surface area (Å²) in [5.74, 6) is 1.01. The first-order valence-electron chi connectivity index (χ1n) is 4.52. The molecule has 1 radical (unpaired) electrons. The van der Waals surface area contributed by atoms with Crippen molar-refractivity contribution in [2.24, 2.45) is 5.92 Å². The molecule has 2 heteroatoms. The van der Waals surface area contributed by atoms with Crippen LogP contribution in [0, 0.1) is 12.3 Å². The summed E-state index contributed by atoms with van der Waals surface area (Å²) >= 11 is 0. The van der Waals surface area contributed by atoms with Crippen LogP contribution in [0.25, 0.3) is 0 Å². The molecule has 0 amide bonds. The Kier molecular flexibility index (Phi) is 4.56. The van der Waals surface area contributed by atoms with Gasteiger partial charge in [0.15, 0.2) is 0 Å². The van der Waals surface area contributed by atoms with Gasteiger partial charge in [-0.3, -0.25) is 0 Å². The van der Waals surface area contributed by atoms with Gasteiger partial charge in [0, 0.05) is 32.7 Å². The summed E-state index contributed by atoms with van der Waals surface area (Å²) in [7, 11) is 0. The third kappa shape index (κ3) is 2.50. The van der Waals surface area contributed by atoms with Crippen LogP contribution >= 0.6 is 0 Å². The first kappa shape index (κ1) is 10.1. The van der Waals surface area contributed by atoms with E-state index in [9.17, 15) is 0 Å². The zero-order valence-electron chi connectivity index (χ0n) is 7.05. The summed E-state index contributed by atoms with van der Waals surface area (Å²) < 4.78 is 0. The first-order chi connectivity index (χ1) is 4.97.